The minimum absolute atomic E-state index is 0.122. The highest BCUT2D eigenvalue weighted by atomic mass is 79.9. The summed E-state index contributed by atoms with van der Waals surface area (Å²) >= 11 is 3.32. The summed E-state index contributed by atoms with van der Waals surface area (Å²) in [6, 6.07) is 5.90. The summed E-state index contributed by atoms with van der Waals surface area (Å²) < 4.78 is 14.9. The lowest BCUT2D eigenvalue weighted by molar-refractivity contribution is 0.257. The zero-order valence-corrected chi connectivity index (χ0v) is 13.3. The smallest absolute Gasteiger partial charge is 0.147 e. The summed E-state index contributed by atoms with van der Waals surface area (Å²) in [6.45, 7) is 2.78. The van der Waals surface area contributed by atoms with Gasteiger partial charge in [0, 0.05) is 30.1 Å². The van der Waals surface area contributed by atoms with E-state index in [-0.39, 0.29) is 5.82 Å². The van der Waals surface area contributed by atoms with Crippen molar-refractivity contribution < 1.29 is 4.39 Å². The molecule has 3 rings (SSSR count). The van der Waals surface area contributed by atoms with Gasteiger partial charge in [0.2, 0.25) is 0 Å². The van der Waals surface area contributed by atoms with Crippen LogP contribution in [0.4, 0.5) is 10.1 Å². The van der Waals surface area contributed by atoms with Crippen LogP contribution in [0.25, 0.3) is 0 Å². The van der Waals surface area contributed by atoms with Crippen LogP contribution >= 0.6 is 15.9 Å². The van der Waals surface area contributed by atoms with E-state index in [1.54, 1.807) is 6.07 Å². The lowest BCUT2D eigenvalue weighted by Gasteiger charge is -2.40. The maximum atomic E-state index is 14.1. The van der Waals surface area contributed by atoms with E-state index in [1.165, 1.54) is 32.1 Å². The first-order valence-corrected chi connectivity index (χ1v) is 8.47. The third-order valence-electron chi connectivity index (χ3n) is 4.67. The molecule has 0 radical (unpaired) electrons. The van der Waals surface area contributed by atoms with Gasteiger partial charge in [-0.3, -0.25) is 0 Å². The molecule has 1 aromatic carbocycles. The van der Waals surface area contributed by atoms with Gasteiger partial charge in [-0.1, -0.05) is 35.2 Å². The first-order valence-electron chi connectivity index (χ1n) is 7.67. The molecular weight excluding hydrogens is 319 g/mol. The first-order chi connectivity index (χ1) is 9.74. The zero-order valence-electron chi connectivity index (χ0n) is 11.7. The molecule has 1 atom stereocenters. The molecule has 0 aromatic heterocycles. The van der Waals surface area contributed by atoms with E-state index >= 15 is 0 Å². The van der Waals surface area contributed by atoms with Crippen LogP contribution in [0.3, 0.4) is 0 Å². The largest absolute Gasteiger partial charge is 0.366 e. The van der Waals surface area contributed by atoms with Crippen molar-refractivity contribution in [3.05, 3.63) is 28.5 Å². The van der Waals surface area contributed by atoms with E-state index < -0.39 is 0 Å². The third kappa shape index (κ3) is 3.17. The van der Waals surface area contributed by atoms with Crippen LogP contribution in [0.1, 0.15) is 32.1 Å². The van der Waals surface area contributed by atoms with Gasteiger partial charge in [-0.15, -0.1) is 0 Å². The van der Waals surface area contributed by atoms with E-state index in [0.29, 0.717) is 6.04 Å². The van der Waals surface area contributed by atoms with Gasteiger partial charge >= 0.3 is 0 Å². The molecule has 1 saturated carbocycles. The summed E-state index contributed by atoms with van der Waals surface area (Å²) in [5.74, 6) is 0.647. The second kappa shape index (κ2) is 6.44. The summed E-state index contributed by atoms with van der Waals surface area (Å²) in [4.78, 5) is 2.21. The molecule has 1 saturated heterocycles. The highest BCUT2D eigenvalue weighted by Crippen LogP contribution is 2.30. The highest BCUT2D eigenvalue weighted by Gasteiger charge is 2.28. The molecular formula is C16H22BrFN2. The van der Waals surface area contributed by atoms with Crippen molar-refractivity contribution in [2.75, 3.05) is 24.5 Å². The minimum atomic E-state index is -0.122. The SMILES string of the molecule is Fc1cc(Br)ccc1N1CCNC(C2CCCCC2)C1. The van der Waals surface area contributed by atoms with E-state index in [2.05, 4.69) is 26.1 Å². The molecule has 2 nitrogen and oxygen atoms in total. The van der Waals surface area contributed by atoms with Crippen molar-refractivity contribution in [1.82, 2.24) is 5.32 Å². The van der Waals surface area contributed by atoms with E-state index in [0.717, 1.165) is 35.7 Å². The molecule has 4 heteroatoms. The predicted octanol–water partition coefficient (Wildman–Crippen LogP) is 3.95. The summed E-state index contributed by atoms with van der Waals surface area (Å²) in [5, 5.41) is 3.65. The minimum Gasteiger partial charge on any atom is -0.366 e. The quantitative estimate of drug-likeness (QED) is 0.876. The van der Waals surface area contributed by atoms with Gasteiger partial charge in [0.25, 0.3) is 0 Å². The molecule has 0 bridgehead atoms. The van der Waals surface area contributed by atoms with Crippen molar-refractivity contribution in [1.29, 1.82) is 0 Å². The van der Waals surface area contributed by atoms with Gasteiger partial charge < -0.3 is 10.2 Å². The van der Waals surface area contributed by atoms with Gasteiger partial charge in [0.05, 0.1) is 5.69 Å². The first kappa shape index (κ1) is 14.3. The summed E-state index contributed by atoms with van der Waals surface area (Å²) in [6.07, 6.45) is 6.75. The van der Waals surface area contributed by atoms with E-state index in [4.69, 9.17) is 0 Å². The average Bonchev–Trinajstić information content (AvgIpc) is 2.48. The van der Waals surface area contributed by atoms with Crippen molar-refractivity contribution in [2.45, 2.75) is 38.1 Å². The Labute approximate surface area is 128 Å². The van der Waals surface area contributed by atoms with Crippen LogP contribution in [0, 0.1) is 11.7 Å². The Bertz CT molecular complexity index is 460. The fraction of sp³-hybridized carbons (Fsp3) is 0.625. The lowest BCUT2D eigenvalue weighted by Crippen LogP contribution is -2.54. The molecule has 1 aliphatic heterocycles. The Morgan fingerprint density at radius 1 is 1.20 bits per heavy atom. The number of nitrogens with one attached hydrogen (secondary N) is 1. The highest BCUT2D eigenvalue weighted by molar-refractivity contribution is 9.10. The zero-order chi connectivity index (χ0) is 13.9. The maximum Gasteiger partial charge on any atom is 0.147 e. The summed E-state index contributed by atoms with van der Waals surface area (Å²) in [7, 11) is 0. The second-order valence-corrected chi connectivity index (χ2v) is 6.92. The number of hydrogen-bond acceptors (Lipinski definition) is 2. The van der Waals surface area contributed by atoms with Gasteiger partial charge in [-0.05, 0) is 37.0 Å². The van der Waals surface area contributed by atoms with Crippen molar-refractivity contribution in [3.8, 4) is 0 Å². The van der Waals surface area contributed by atoms with E-state index in [1.807, 2.05) is 12.1 Å². The van der Waals surface area contributed by atoms with Gasteiger partial charge in [-0.2, -0.15) is 0 Å². The Hall–Kier alpha value is -0.610. The number of piperazine rings is 1. The Kier molecular flexibility index (Phi) is 4.61. The molecule has 1 aliphatic carbocycles. The molecule has 1 aromatic rings. The number of anilines is 1. The van der Waals surface area contributed by atoms with Gasteiger partial charge in [-0.25, -0.2) is 4.39 Å². The van der Waals surface area contributed by atoms with E-state index in [9.17, 15) is 4.39 Å². The number of hydrogen-bond donors (Lipinski definition) is 1. The fourth-order valence-electron chi connectivity index (χ4n) is 3.59. The third-order valence-corrected chi connectivity index (χ3v) is 5.17. The molecule has 2 aliphatic rings. The molecule has 2 fully saturated rings. The normalized spacial score (nSPS) is 24.9. The van der Waals surface area contributed by atoms with Crippen LogP contribution in [-0.2, 0) is 0 Å². The number of nitrogens with zero attached hydrogens (tertiary/aromatic N) is 1. The Morgan fingerprint density at radius 2 is 2.00 bits per heavy atom. The number of halogens is 2. The van der Waals surface area contributed by atoms with Crippen LogP contribution < -0.4 is 10.2 Å². The van der Waals surface area contributed by atoms with Crippen LogP contribution in [0.15, 0.2) is 22.7 Å². The van der Waals surface area contributed by atoms with Crippen molar-refractivity contribution >= 4 is 21.6 Å². The van der Waals surface area contributed by atoms with Crippen molar-refractivity contribution in [2.24, 2.45) is 5.92 Å². The molecule has 0 spiro atoms. The number of benzene rings is 1. The van der Waals surface area contributed by atoms with Crippen molar-refractivity contribution in [3.63, 3.8) is 0 Å². The van der Waals surface area contributed by atoms with Crippen LogP contribution in [0.2, 0.25) is 0 Å². The molecule has 110 valence electrons. The summed E-state index contributed by atoms with van der Waals surface area (Å²) in [5.41, 5.74) is 0.746. The number of rotatable bonds is 2. The topological polar surface area (TPSA) is 15.3 Å². The van der Waals surface area contributed by atoms with Crippen LogP contribution in [0.5, 0.6) is 0 Å². The Morgan fingerprint density at radius 3 is 2.75 bits per heavy atom. The van der Waals surface area contributed by atoms with Crippen LogP contribution in [-0.4, -0.2) is 25.7 Å². The fourth-order valence-corrected chi connectivity index (χ4v) is 3.92. The predicted molar refractivity (Wildman–Crippen MR) is 84.7 cm³/mol. The molecule has 1 heterocycles. The average molecular weight is 341 g/mol. The molecule has 1 unspecified atom stereocenters. The second-order valence-electron chi connectivity index (χ2n) is 6.00. The monoisotopic (exact) mass is 340 g/mol. The Balaban J connectivity index is 1.71. The molecule has 1 N–H and O–H groups in total. The standard InChI is InChI=1S/C16H22BrFN2/c17-13-6-7-16(14(18)10-13)20-9-8-19-15(11-20)12-4-2-1-3-5-12/h6-7,10,12,15,19H,1-5,8-9,11H2. The maximum absolute atomic E-state index is 14.1. The van der Waals surface area contributed by atoms with Gasteiger partial charge in [0.1, 0.15) is 5.82 Å². The lowest BCUT2D eigenvalue weighted by atomic mass is 9.83. The van der Waals surface area contributed by atoms with Gasteiger partial charge in [0.15, 0.2) is 0 Å². The molecule has 0 amide bonds. The molecule has 20 heavy (non-hydrogen) atoms.